The number of anilines is 1. The third kappa shape index (κ3) is 3.24. The topological polar surface area (TPSA) is 50.8 Å². The van der Waals surface area contributed by atoms with Gasteiger partial charge in [-0.1, -0.05) is 0 Å². The molecule has 1 saturated heterocycles. The Morgan fingerprint density at radius 2 is 2.11 bits per heavy atom. The van der Waals surface area contributed by atoms with Crippen molar-refractivity contribution < 1.29 is 14.3 Å². The molecular weight excluding hydrogens is 244 g/mol. The zero-order valence-electron chi connectivity index (χ0n) is 11.4. The van der Waals surface area contributed by atoms with E-state index in [1.54, 1.807) is 19.2 Å². The molecule has 1 heterocycles. The van der Waals surface area contributed by atoms with E-state index in [0.717, 1.165) is 25.3 Å². The average Bonchev–Trinajstić information content (AvgIpc) is 2.47. The Balaban J connectivity index is 2.13. The van der Waals surface area contributed by atoms with Crippen LogP contribution in [0.15, 0.2) is 24.3 Å². The van der Waals surface area contributed by atoms with Crippen LogP contribution in [0.4, 0.5) is 5.69 Å². The molecule has 0 bridgehead atoms. The Kier molecular flexibility index (Phi) is 4.76. The quantitative estimate of drug-likeness (QED) is 0.819. The Morgan fingerprint density at radius 3 is 2.74 bits per heavy atom. The smallest absolute Gasteiger partial charge is 0.337 e. The molecule has 1 aromatic carbocycles. The zero-order chi connectivity index (χ0) is 13.7. The molecule has 1 N–H and O–H groups in total. The van der Waals surface area contributed by atoms with Crippen molar-refractivity contribution >= 4 is 11.7 Å². The van der Waals surface area contributed by atoms with Gasteiger partial charge in [0.1, 0.15) is 0 Å². The van der Waals surface area contributed by atoms with Gasteiger partial charge < -0.3 is 19.7 Å². The van der Waals surface area contributed by atoms with Gasteiger partial charge in [0.05, 0.1) is 25.3 Å². The molecule has 1 fully saturated rings. The molecule has 1 aliphatic heterocycles. The standard InChI is InChI=1S/C14H20N2O3/c1-18-10-13-9-15-7-8-16(13)12-5-3-11(4-6-12)14(17)19-2/h3-6,13,15H,7-10H2,1-2H3. The minimum absolute atomic E-state index is 0.305. The minimum atomic E-state index is -0.305. The van der Waals surface area contributed by atoms with Crippen molar-refractivity contribution in [1.29, 1.82) is 0 Å². The predicted octanol–water partition coefficient (Wildman–Crippen LogP) is 0.898. The number of benzene rings is 1. The molecule has 1 aromatic rings. The fraction of sp³-hybridized carbons (Fsp3) is 0.500. The molecule has 0 aliphatic carbocycles. The van der Waals surface area contributed by atoms with E-state index in [1.807, 2.05) is 12.1 Å². The van der Waals surface area contributed by atoms with Crippen LogP contribution in [0.1, 0.15) is 10.4 Å². The molecule has 2 rings (SSSR count). The summed E-state index contributed by atoms with van der Waals surface area (Å²) < 4.78 is 9.96. The molecular formula is C14H20N2O3. The summed E-state index contributed by atoms with van der Waals surface area (Å²) in [6.45, 7) is 3.49. The predicted molar refractivity (Wildman–Crippen MR) is 73.7 cm³/mol. The molecule has 1 atom stereocenters. The SMILES string of the molecule is COCC1CNCCN1c1ccc(C(=O)OC)cc1. The molecule has 104 valence electrons. The molecule has 0 amide bonds. The number of ether oxygens (including phenoxy) is 2. The van der Waals surface area contributed by atoms with Gasteiger partial charge in [-0.2, -0.15) is 0 Å². The summed E-state index contributed by atoms with van der Waals surface area (Å²) >= 11 is 0. The lowest BCUT2D eigenvalue weighted by molar-refractivity contribution is 0.0601. The number of carbonyl (C=O) groups excluding carboxylic acids is 1. The Bertz CT molecular complexity index is 417. The van der Waals surface area contributed by atoms with E-state index < -0.39 is 0 Å². The lowest BCUT2D eigenvalue weighted by Gasteiger charge is -2.37. The summed E-state index contributed by atoms with van der Waals surface area (Å²) in [6, 6.07) is 7.84. The summed E-state index contributed by atoms with van der Waals surface area (Å²) in [7, 11) is 3.11. The number of rotatable bonds is 4. The largest absolute Gasteiger partial charge is 0.465 e. The van der Waals surface area contributed by atoms with Crippen LogP contribution in [0.5, 0.6) is 0 Å². The third-order valence-electron chi connectivity index (χ3n) is 3.33. The van der Waals surface area contributed by atoms with Gasteiger partial charge in [0, 0.05) is 32.4 Å². The molecule has 5 heteroatoms. The second kappa shape index (κ2) is 6.54. The number of nitrogens with one attached hydrogen (secondary N) is 1. The lowest BCUT2D eigenvalue weighted by Crippen LogP contribution is -2.53. The monoisotopic (exact) mass is 264 g/mol. The van der Waals surface area contributed by atoms with Crippen molar-refractivity contribution in [1.82, 2.24) is 5.32 Å². The summed E-state index contributed by atoms with van der Waals surface area (Å²) in [5.41, 5.74) is 1.68. The van der Waals surface area contributed by atoms with Crippen LogP contribution < -0.4 is 10.2 Å². The Labute approximate surface area is 113 Å². The second-order valence-electron chi connectivity index (χ2n) is 4.55. The van der Waals surface area contributed by atoms with Gasteiger partial charge >= 0.3 is 5.97 Å². The summed E-state index contributed by atoms with van der Waals surface area (Å²) in [4.78, 5) is 13.7. The van der Waals surface area contributed by atoms with E-state index in [2.05, 4.69) is 10.2 Å². The minimum Gasteiger partial charge on any atom is -0.465 e. The van der Waals surface area contributed by atoms with Crippen LogP contribution in [0.3, 0.4) is 0 Å². The maximum Gasteiger partial charge on any atom is 0.337 e. The first-order valence-electron chi connectivity index (χ1n) is 6.41. The fourth-order valence-electron chi connectivity index (χ4n) is 2.35. The van der Waals surface area contributed by atoms with E-state index in [4.69, 9.17) is 9.47 Å². The number of piperazine rings is 1. The number of esters is 1. The Morgan fingerprint density at radius 1 is 1.37 bits per heavy atom. The second-order valence-corrected chi connectivity index (χ2v) is 4.55. The number of carbonyl (C=O) groups is 1. The summed E-state index contributed by atoms with van der Waals surface area (Å²) in [6.07, 6.45) is 0. The third-order valence-corrected chi connectivity index (χ3v) is 3.33. The van der Waals surface area contributed by atoms with E-state index in [-0.39, 0.29) is 5.97 Å². The van der Waals surface area contributed by atoms with Crippen LogP contribution in [0, 0.1) is 0 Å². The first kappa shape index (κ1) is 13.8. The number of hydrogen-bond donors (Lipinski definition) is 1. The summed E-state index contributed by atoms with van der Waals surface area (Å²) in [5, 5.41) is 3.36. The maximum atomic E-state index is 11.4. The fourth-order valence-corrected chi connectivity index (χ4v) is 2.35. The maximum absolute atomic E-state index is 11.4. The van der Waals surface area contributed by atoms with E-state index >= 15 is 0 Å². The highest BCUT2D eigenvalue weighted by molar-refractivity contribution is 5.89. The van der Waals surface area contributed by atoms with Crippen LogP contribution in [0.2, 0.25) is 0 Å². The van der Waals surface area contributed by atoms with Crippen LogP contribution >= 0.6 is 0 Å². The van der Waals surface area contributed by atoms with Crippen LogP contribution in [-0.4, -0.2) is 52.5 Å². The van der Waals surface area contributed by atoms with Crippen molar-refractivity contribution in [2.24, 2.45) is 0 Å². The van der Waals surface area contributed by atoms with E-state index in [1.165, 1.54) is 7.11 Å². The molecule has 1 aliphatic rings. The lowest BCUT2D eigenvalue weighted by atomic mass is 10.1. The van der Waals surface area contributed by atoms with Gasteiger partial charge in [-0.05, 0) is 24.3 Å². The zero-order valence-corrected chi connectivity index (χ0v) is 11.4. The molecule has 1 unspecified atom stereocenters. The molecule has 0 aromatic heterocycles. The van der Waals surface area contributed by atoms with Crippen molar-refractivity contribution in [3.05, 3.63) is 29.8 Å². The first-order valence-corrected chi connectivity index (χ1v) is 6.41. The first-order chi connectivity index (χ1) is 9.26. The van der Waals surface area contributed by atoms with Gasteiger partial charge in [-0.25, -0.2) is 4.79 Å². The molecule has 0 saturated carbocycles. The van der Waals surface area contributed by atoms with Crippen LogP contribution in [-0.2, 0) is 9.47 Å². The molecule has 19 heavy (non-hydrogen) atoms. The van der Waals surface area contributed by atoms with Gasteiger partial charge in [0.25, 0.3) is 0 Å². The highest BCUT2D eigenvalue weighted by Gasteiger charge is 2.22. The number of nitrogens with zero attached hydrogens (tertiary/aromatic N) is 1. The van der Waals surface area contributed by atoms with Gasteiger partial charge in [-0.3, -0.25) is 0 Å². The van der Waals surface area contributed by atoms with Crippen molar-refractivity contribution in [3.8, 4) is 0 Å². The van der Waals surface area contributed by atoms with E-state index in [9.17, 15) is 4.79 Å². The van der Waals surface area contributed by atoms with E-state index in [0.29, 0.717) is 18.2 Å². The van der Waals surface area contributed by atoms with Crippen molar-refractivity contribution in [2.45, 2.75) is 6.04 Å². The van der Waals surface area contributed by atoms with Crippen molar-refractivity contribution in [3.63, 3.8) is 0 Å². The molecule has 0 spiro atoms. The van der Waals surface area contributed by atoms with Gasteiger partial charge in [0.2, 0.25) is 0 Å². The van der Waals surface area contributed by atoms with Crippen LogP contribution in [0.25, 0.3) is 0 Å². The number of methoxy groups -OCH3 is 2. The van der Waals surface area contributed by atoms with Gasteiger partial charge in [0.15, 0.2) is 0 Å². The normalized spacial score (nSPS) is 19.3. The molecule has 0 radical (unpaired) electrons. The summed E-state index contributed by atoms with van der Waals surface area (Å²) in [5.74, 6) is -0.305. The molecule has 5 nitrogen and oxygen atoms in total. The Hall–Kier alpha value is -1.59. The number of hydrogen-bond acceptors (Lipinski definition) is 5. The van der Waals surface area contributed by atoms with Crippen molar-refractivity contribution in [2.75, 3.05) is 45.4 Å². The highest BCUT2D eigenvalue weighted by Crippen LogP contribution is 2.19. The average molecular weight is 264 g/mol. The highest BCUT2D eigenvalue weighted by atomic mass is 16.5. The van der Waals surface area contributed by atoms with Gasteiger partial charge in [-0.15, -0.1) is 0 Å².